The second-order valence-electron chi connectivity index (χ2n) is 5.44. The van der Waals surface area contributed by atoms with E-state index in [1.807, 2.05) is 48.5 Å². The minimum absolute atomic E-state index is 0.367. The maximum Gasteiger partial charge on any atom is 0.338 e. The van der Waals surface area contributed by atoms with Gasteiger partial charge in [0.05, 0.1) is 30.5 Å². The van der Waals surface area contributed by atoms with Gasteiger partial charge in [-0.05, 0) is 30.7 Å². The molecule has 24 heavy (non-hydrogen) atoms. The molecule has 0 amide bonds. The number of fused-ring (bicyclic) bond motifs is 1. The van der Waals surface area contributed by atoms with E-state index in [1.165, 1.54) is 7.11 Å². The third kappa shape index (κ3) is 3.23. The summed E-state index contributed by atoms with van der Waals surface area (Å²) in [7, 11) is 1.39. The molecular formula is C20H19NO3. The molecule has 122 valence electrons. The smallest absolute Gasteiger partial charge is 0.338 e. The van der Waals surface area contributed by atoms with Gasteiger partial charge < -0.3 is 9.47 Å². The Labute approximate surface area is 141 Å². The second-order valence-corrected chi connectivity index (χ2v) is 5.44. The molecule has 3 rings (SSSR count). The van der Waals surface area contributed by atoms with Gasteiger partial charge >= 0.3 is 5.97 Å². The quantitative estimate of drug-likeness (QED) is 0.650. The van der Waals surface area contributed by atoms with Gasteiger partial charge in [-0.2, -0.15) is 0 Å². The van der Waals surface area contributed by atoms with Crippen LogP contribution in [-0.2, 0) is 4.74 Å². The number of esters is 1. The topological polar surface area (TPSA) is 48.4 Å². The first kappa shape index (κ1) is 16.0. The van der Waals surface area contributed by atoms with Gasteiger partial charge in [-0.3, -0.25) is 0 Å². The average Bonchev–Trinajstić information content (AvgIpc) is 2.65. The lowest BCUT2D eigenvalue weighted by Gasteiger charge is -2.10. The number of nitrogens with zero attached hydrogens (tertiary/aromatic N) is 1. The molecule has 0 N–H and O–H groups in total. The second kappa shape index (κ2) is 7.13. The lowest BCUT2D eigenvalue weighted by atomic mass is 10.0. The first-order valence-electron chi connectivity index (χ1n) is 7.94. The fourth-order valence-electron chi connectivity index (χ4n) is 2.57. The van der Waals surface area contributed by atoms with E-state index in [0.717, 1.165) is 34.3 Å². The van der Waals surface area contributed by atoms with Crippen LogP contribution in [0.1, 0.15) is 23.7 Å². The lowest BCUT2D eigenvalue weighted by Crippen LogP contribution is -2.04. The monoisotopic (exact) mass is 321 g/mol. The van der Waals surface area contributed by atoms with Crippen LogP contribution in [0.15, 0.2) is 54.6 Å². The number of carbonyl (C=O) groups excluding carboxylic acids is 1. The molecule has 0 bridgehead atoms. The Hall–Kier alpha value is -2.88. The highest BCUT2D eigenvalue weighted by molar-refractivity contribution is 6.04. The molecule has 0 atom stereocenters. The third-order valence-electron chi connectivity index (χ3n) is 3.72. The van der Waals surface area contributed by atoms with Crippen molar-refractivity contribution in [1.82, 2.24) is 4.98 Å². The van der Waals surface area contributed by atoms with Gasteiger partial charge in [0.25, 0.3) is 0 Å². The molecule has 0 saturated heterocycles. The molecule has 0 radical (unpaired) electrons. The molecule has 0 aliphatic rings. The van der Waals surface area contributed by atoms with E-state index in [-0.39, 0.29) is 5.97 Å². The summed E-state index contributed by atoms with van der Waals surface area (Å²) in [6.45, 7) is 2.74. The summed E-state index contributed by atoms with van der Waals surface area (Å²) in [5.74, 6) is 0.428. The van der Waals surface area contributed by atoms with Crippen molar-refractivity contribution in [3.05, 3.63) is 60.2 Å². The molecule has 0 unspecified atom stereocenters. The molecule has 4 heteroatoms. The van der Waals surface area contributed by atoms with Crippen LogP contribution >= 0.6 is 0 Å². The van der Waals surface area contributed by atoms with Crippen LogP contribution in [0.2, 0.25) is 0 Å². The zero-order chi connectivity index (χ0) is 16.9. The van der Waals surface area contributed by atoms with Gasteiger partial charge in [-0.25, -0.2) is 9.78 Å². The first-order valence-corrected chi connectivity index (χ1v) is 7.94. The summed E-state index contributed by atoms with van der Waals surface area (Å²) in [5.41, 5.74) is 2.89. The van der Waals surface area contributed by atoms with Gasteiger partial charge in [-0.15, -0.1) is 0 Å². The van der Waals surface area contributed by atoms with Gasteiger partial charge in [0.15, 0.2) is 0 Å². The fourth-order valence-corrected chi connectivity index (χ4v) is 2.57. The van der Waals surface area contributed by atoms with E-state index < -0.39 is 0 Å². The summed E-state index contributed by atoms with van der Waals surface area (Å²) in [5, 5.41) is 0.784. The number of pyridine rings is 1. The predicted octanol–water partition coefficient (Wildman–Crippen LogP) is 4.48. The summed E-state index contributed by atoms with van der Waals surface area (Å²) in [4.78, 5) is 16.8. The fraction of sp³-hybridized carbons (Fsp3) is 0.200. The number of carbonyl (C=O) groups is 1. The highest BCUT2D eigenvalue weighted by Crippen LogP contribution is 2.27. The van der Waals surface area contributed by atoms with Crippen LogP contribution in [0.5, 0.6) is 5.75 Å². The Morgan fingerprint density at radius 3 is 2.71 bits per heavy atom. The highest BCUT2D eigenvalue weighted by atomic mass is 16.5. The first-order chi connectivity index (χ1) is 11.7. The number of rotatable bonds is 5. The Balaban J connectivity index is 2.11. The molecule has 0 saturated carbocycles. The molecule has 0 aliphatic heterocycles. The normalized spacial score (nSPS) is 10.6. The maximum atomic E-state index is 12.1. The number of aromatic nitrogens is 1. The SMILES string of the molecule is CCCOc1cccc(-c2cc(C(=O)OC)c3ccccc3n2)c1. The van der Waals surface area contributed by atoms with Crippen molar-refractivity contribution in [2.24, 2.45) is 0 Å². The number of benzene rings is 2. The minimum Gasteiger partial charge on any atom is -0.494 e. The van der Waals surface area contributed by atoms with Crippen LogP contribution in [-0.4, -0.2) is 24.7 Å². The Morgan fingerprint density at radius 2 is 1.92 bits per heavy atom. The van der Waals surface area contributed by atoms with E-state index in [1.54, 1.807) is 6.07 Å². The zero-order valence-electron chi connectivity index (χ0n) is 13.8. The largest absolute Gasteiger partial charge is 0.494 e. The van der Waals surface area contributed by atoms with E-state index in [2.05, 4.69) is 11.9 Å². The van der Waals surface area contributed by atoms with Crippen molar-refractivity contribution in [2.45, 2.75) is 13.3 Å². The van der Waals surface area contributed by atoms with Crippen LogP contribution in [0.4, 0.5) is 0 Å². The van der Waals surface area contributed by atoms with Crippen molar-refractivity contribution in [3.63, 3.8) is 0 Å². The van der Waals surface area contributed by atoms with Gasteiger partial charge in [0, 0.05) is 10.9 Å². The van der Waals surface area contributed by atoms with E-state index >= 15 is 0 Å². The molecule has 2 aromatic carbocycles. The van der Waals surface area contributed by atoms with Crippen LogP contribution in [0.25, 0.3) is 22.2 Å². The third-order valence-corrected chi connectivity index (χ3v) is 3.72. The van der Waals surface area contributed by atoms with Crippen molar-refractivity contribution < 1.29 is 14.3 Å². The number of ether oxygens (including phenoxy) is 2. The number of hydrogen-bond acceptors (Lipinski definition) is 4. The molecule has 0 fully saturated rings. The Kier molecular flexibility index (Phi) is 4.75. The number of hydrogen-bond donors (Lipinski definition) is 0. The predicted molar refractivity (Wildman–Crippen MR) is 94.3 cm³/mol. The molecule has 0 spiro atoms. The zero-order valence-corrected chi connectivity index (χ0v) is 13.8. The summed E-state index contributed by atoms with van der Waals surface area (Å²) >= 11 is 0. The molecular weight excluding hydrogens is 302 g/mol. The van der Waals surface area contributed by atoms with Crippen molar-refractivity contribution >= 4 is 16.9 Å². The minimum atomic E-state index is -0.367. The number of methoxy groups -OCH3 is 1. The van der Waals surface area contributed by atoms with Gasteiger partial charge in [0.1, 0.15) is 5.75 Å². The van der Waals surface area contributed by atoms with E-state index in [4.69, 9.17) is 9.47 Å². The summed E-state index contributed by atoms with van der Waals surface area (Å²) in [6.07, 6.45) is 0.949. The van der Waals surface area contributed by atoms with Crippen molar-refractivity contribution in [2.75, 3.05) is 13.7 Å². The van der Waals surface area contributed by atoms with Gasteiger partial charge in [-0.1, -0.05) is 37.3 Å². The Morgan fingerprint density at radius 1 is 1.08 bits per heavy atom. The van der Waals surface area contributed by atoms with E-state index in [9.17, 15) is 4.79 Å². The van der Waals surface area contributed by atoms with Crippen LogP contribution in [0, 0.1) is 0 Å². The average molecular weight is 321 g/mol. The summed E-state index contributed by atoms with van der Waals surface area (Å²) in [6, 6.07) is 17.1. The van der Waals surface area contributed by atoms with E-state index in [0.29, 0.717) is 12.2 Å². The standard InChI is InChI=1S/C20H19NO3/c1-3-11-24-15-8-6-7-14(12-15)19-13-17(20(22)23-2)16-9-4-5-10-18(16)21-19/h4-10,12-13H,3,11H2,1-2H3. The molecule has 0 aliphatic carbocycles. The molecule has 3 aromatic rings. The maximum absolute atomic E-state index is 12.1. The molecule has 1 heterocycles. The van der Waals surface area contributed by atoms with Crippen LogP contribution in [0.3, 0.4) is 0 Å². The van der Waals surface area contributed by atoms with Crippen molar-refractivity contribution in [1.29, 1.82) is 0 Å². The Bertz CT molecular complexity index is 874. The van der Waals surface area contributed by atoms with Crippen molar-refractivity contribution in [3.8, 4) is 17.0 Å². The highest BCUT2D eigenvalue weighted by Gasteiger charge is 2.14. The summed E-state index contributed by atoms with van der Waals surface area (Å²) < 4.78 is 10.6. The van der Waals surface area contributed by atoms with Gasteiger partial charge in [0.2, 0.25) is 0 Å². The van der Waals surface area contributed by atoms with Crippen LogP contribution < -0.4 is 4.74 Å². The molecule has 4 nitrogen and oxygen atoms in total. The molecule has 1 aromatic heterocycles. The lowest BCUT2D eigenvalue weighted by molar-refractivity contribution is 0.0603. The number of para-hydroxylation sites is 1.